The summed E-state index contributed by atoms with van der Waals surface area (Å²) < 4.78 is 11.4. The van der Waals surface area contributed by atoms with Crippen molar-refractivity contribution < 1.29 is 9.15 Å². The summed E-state index contributed by atoms with van der Waals surface area (Å²) in [5, 5.41) is 7.14. The van der Waals surface area contributed by atoms with E-state index in [0.29, 0.717) is 30.7 Å². The van der Waals surface area contributed by atoms with Gasteiger partial charge in [-0.2, -0.15) is 0 Å². The van der Waals surface area contributed by atoms with E-state index in [4.69, 9.17) is 14.1 Å². The van der Waals surface area contributed by atoms with E-state index in [1.54, 1.807) is 6.26 Å². The molecule has 1 saturated carbocycles. The second-order valence-corrected chi connectivity index (χ2v) is 7.90. The van der Waals surface area contributed by atoms with Crippen LogP contribution in [-0.2, 0) is 11.2 Å². The van der Waals surface area contributed by atoms with Crippen LogP contribution >= 0.6 is 0 Å². The van der Waals surface area contributed by atoms with Crippen LogP contribution in [-0.4, -0.2) is 37.3 Å². The molecule has 1 saturated heterocycles. The molecular weight excluding hydrogens is 302 g/mol. The van der Waals surface area contributed by atoms with Gasteiger partial charge in [-0.1, -0.05) is 13.8 Å². The van der Waals surface area contributed by atoms with Crippen LogP contribution in [0.1, 0.15) is 46.3 Å². The Kier molecular flexibility index (Phi) is 5.18. The molecule has 3 atom stereocenters. The van der Waals surface area contributed by atoms with Crippen molar-refractivity contribution in [3.05, 3.63) is 24.2 Å². The fraction of sp³-hybridized carbons (Fsp3) is 0.737. The van der Waals surface area contributed by atoms with Gasteiger partial charge in [0.25, 0.3) is 0 Å². The smallest absolute Gasteiger partial charge is 0.191 e. The summed E-state index contributed by atoms with van der Waals surface area (Å²) >= 11 is 0. The molecule has 3 unspecified atom stereocenters. The fourth-order valence-electron chi connectivity index (χ4n) is 4.10. The van der Waals surface area contributed by atoms with Crippen LogP contribution < -0.4 is 10.6 Å². The summed E-state index contributed by atoms with van der Waals surface area (Å²) in [5.41, 5.74) is 0.144. The van der Waals surface area contributed by atoms with E-state index >= 15 is 0 Å². The number of hydrogen-bond acceptors (Lipinski definition) is 3. The van der Waals surface area contributed by atoms with Crippen LogP contribution in [0.25, 0.3) is 0 Å². The third-order valence-electron chi connectivity index (χ3n) is 5.26. The molecule has 5 heteroatoms. The number of hydrogen-bond donors (Lipinski definition) is 2. The minimum absolute atomic E-state index is 0.144. The lowest BCUT2D eigenvalue weighted by Gasteiger charge is -2.60. The number of nitrogens with zero attached hydrogens (tertiary/aromatic N) is 1. The number of aliphatic imine (C=N–C) groups is 1. The number of furan rings is 1. The number of fused-ring (bicyclic) bond motifs is 1. The van der Waals surface area contributed by atoms with E-state index in [-0.39, 0.29) is 5.41 Å². The molecule has 0 aromatic carbocycles. The molecule has 0 radical (unpaired) electrons. The third kappa shape index (κ3) is 3.61. The van der Waals surface area contributed by atoms with Crippen LogP contribution in [0.5, 0.6) is 0 Å². The first kappa shape index (κ1) is 17.3. The van der Waals surface area contributed by atoms with E-state index in [1.165, 1.54) is 6.42 Å². The zero-order valence-electron chi connectivity index (χ0n) is 15.3. The van der Waals surface area contributed by atoms with Crippen molar-refractivity contribution in [3.8, 4) is 0 Å². The van der Waals surface area contributed by atoms with Crippen LogP contribution in [0.15, 0.2) is 27.8 Å². The molecule has 24 heavy (non-hydrogen) atoms. The maximum atomic E-state index is 6.00. The molecule has 1 aliphatic carbocycles. The molecule has 2 aliphatic rings. The molecule has 1 aromatic heterocycles. The minimum Gasteiger partial charge on any atom is -0.469 e. The highest BCUT2D eigenvalue weighted by molar-refractivity contribution is 5.80. The molecule has 5 nitrogen and oxygen atoms in total. The SMILES string of the molecule is CC(C)NC(=NCCc1ccco1)NC1C2CCCOC2C1(C)C. The van der Waals surface area contributed by atoms with E-state index in [2.05, 4.69) is 38.3 Å². The van der Waals surface area contributed by atoms with Gasteiger partial charge in [-0.05, 0) is 38.8 Å². The van der Waals surface area contributed by atoms with Gasteiger partial charge >= 0.3 is 0 Å². The van der Waals surface area contributed by atoms with Gasteiger partial charge in [0.1, 0.15) is 5.76 Å². The van der Waals surface area contributed by atoms with Gasteiger partial charge in [0.2, 0.25) is 0 Å². The lowest BCUT2D eigenvalue weighted by atomic mass is 9.55. The van der Waals surface area contributed by atoms with E-state index in [9.17, 15) is 0 Å². The summed E-state index contributed by atoms with van der Waals surface area (Å²) in [4.78, 5) is 4.76. The largest absolute Gasteiger partial charge is 0.469 e. The van der Waals surface area contributed by atoms with Gasteiger partial charge in [-0.3, -0.25) is 4.99 Å². The topological polar surface area (TPSA) is 58.8 Å². The van der Waals surface area contributed by atoms with Crippen molar-refractivity contribution in [3.63, 3.8) is 0 Å². The Morgan fingerprint density at radius 2 is 2.25 bits per heavy atom. The zero-order chi connectivity index (χ0) is 17.2. The molecular formula is C19H31N3O2. The first-order valence-corrected chi connectivity index (χ1v) is 9.20. The van der Waals surface area contributed by atoms with Crippen molar-refractivity contribution in [2.24, 2.45) is 16.3 Å². The normalized spacial score (nSPS) is 29.0. The van der Waals surface area contributed by atoms with Gasteiger partial charge in [0.05, 0.1) is 12.4 Å². The second kappa shape index (κ2) is 7.18. The third-order valence-corrected chi connectivity index (χ3v) is 5.26. The first-order valence-electron chi connectivity index (χ1n) is 9.20. The Balaban J connectivity index is 1.63. The van der Waals surface area contributed by atoms with E-state index in [0.717, 1.165) is 31.2 Å². The second-order valence-electron chi connectivity index (χ2n) is 7.90. The summed E-state index contributed by atoms with van der Waals surface area (Å²) in [6.45, 7) is 10.5. The standard InChI is InChI=1S/C19H31N3O2/c1-13(2)21-18(20-10-9-14-7-5-11-23-14)22-16-15-8-6-12-24-17(15)19(16,3)4/h5,7,11,13,15-17H,6,8-10,12H2,1-4H3,(H2,20,21,22). The molecule has 2 fully saturated rings. The summed E-state index contributed by atoms with van der Waals surface area (Å²) in [6.07, 6.45) is 5.32. The molecule has 1 aliphatic heterocycles. The van der Waals surface area contributed by atoms with Crippen molar-refractivity contribution in [1.29, 1.82) is 0 Å². The fourth-order valence-corrected chi connectivity index (χ4v) is 4.10. The number of nitrogens with one attached hydrogen (secondary N) is 2. The Labute approximate surface area is 145 Å². The van der Waals surface area contributed by atoms with Gasteiger partial charge in [0, 0.05) is 43.0 Å². The summed E-state index contributed by atoms with van der Waals surface area (Å²) in [6, 6.07) is 4.68. The Morgan fingerprint density at radius 1 is 1.42 bits per heavy atom. The van der Waals surface area contributed by atoms with Gasteiger partial charge in [-0.25, -0.2) is 0 Å². The quantitative estimate of drug-likeness (QED) is 0.642. The highest BCUT2D eigenvalue weighted by Crippen LogP contribution is 2.51. The molecule has 1 aromatic rings. The van der Waals surface area contributed by atoms with Gasteiger partial charge < -0.3 is 19.8 Å². The number of rotatable bonds is 5. The summed E-state index contributed by atoms with van der Waals surface area (Å²) in [5.74, 6) is 2.48. The van der Waals surface area contributed by atoms with Crippen molar-refractivity contribution >= 4 is 5.96 Å². The molecule has 0 bridgehead atoms. The van der Waals surface area contributed by atoms with Crippen molar-refractivity contribution in [2.45, 2.75) is 65.1 Å². The average molecular weight is 333 g/mol. The molecule has 0 amide bonds. The number of guanidine groups is 1. The van der Waals surface area contributed by atoms with Crippen molar-refractivity contribution in [2.75, 3.05) is 13.2 Å². The monoisotopic (exact) mass is 333 g/mol. The van der Waals surface area contributed by atoms with E-state index in [1.807, 2.05) is 12.1 Å². The maximum absolute atomic E-state index is 6.00. The number of ether oxygens (including phenoxy) is 1. The van der Waals surface area contributed by atoms with Crippen LogP contribution in [0.2, 0.25) is 0 Å². The minimum atomic E-state index is 0.144. The van der Waals surface area contributed by atoms with Crippen LogP contribution in [0, 0.1) is 11.3 Å². The zero-order valence-corrected chi connectivity index (χ0v) is 15.3. The first-order chi connectivity index (χ1) is 11.5. The molecule has 3 rings (SSSR count). The Hall–Kier alpha value is -1.49. The van der Waals surface area contributed by atoms with E-state index < -0.39 is 0 Å². The highest BCUT2D eigenvalue weighted by Gasteiger charge is 2.58. The van der Waals surface area contributed by atoms with Crippen LogP contribution in [0.3, 0.4) is 0 Å². The lowest BCUT2D eigenvalue weighted by Crippen LogP contribution is -2.71. The average Bonchev–Trinajstić information content (AvgIpc) is 3.05. The Bertz CT molecular complexity index is 551. The molecule has 0 spiro atoms. The van der Waals surface area contributed by atoms with Gasteiger partial charge in [0.15, 0.2) is 5.96 Å². The molecule has 2 heterocycles. The maximum Gasteiger partial charge on any atom is 0.191 e. The summed E-state index contributed by atoms with van der Waals surface area (Å²) in [7, 11) is 0. The van der Waals surface area contributed by atoms with Crippen LogP contribution in [0.4, 0.5) is 0 Å². The predicted octanol–water partition coefficient (Wildman–Crippen LogP) is 2.97. The predicted molar refractivity (Wildman–Crippen MR) is 96.2 cm³/mol. The lowest BCUT2D eigenvalue weighted by molar-refractivity contribution is -0.188. The molecule has 134 valence electrons. The van der Waals surface area contributed by atoms with Gasteiger partial charge in [-0.15, -0.1) is 0 Å². The van der Waals surface area contributed by atoms with Crippen molar-refractivity contribution in [1.82, 2.24) is 10.6 Å². The highest BCUT2D eigenvalue weighted by atomic mass is 16.5. The Morgan fingerprint density at radius 3 is 2.96 bits per heavy atom. The molecule has 2 N–H and O–H groups in total.